The fourth-order valence-electron chi connectivity index (χ4n) is 0.995. The Hall–Kier alpha value is -0.250. The van der Waals surface area contributed by atoms with E-state index in [1.54, 1.807) is 12.1 Å². The van der Waals surface area contributed by atoms with Crippen LogP contribution in [-0.4, -0.2) is 5.97 Å². The van der Waals surface area contributed by atoms with Gasteiger partial charge in [-0.05, 0) is 18.6 Å². The Kier molecular flexibility index (Phi) is 4.90. The van der Waals surface area contributed by atoms with Gasteiger partial charge in [0.05, 0.1) is 10.0 Å². The molecule has 0 aromatic heterocycles. The van der Waals surface area contributed by atoms with Gasteiger partial charge in [0.15, 0.2) is 5.75 Å². The van der Waals surface area contributed by atoms with E-state index in [-0.39, 0.29) is 11.7 Å². The van der Waals surface area contributed by atoms with Crippen LogP contribution < -0.4 is 4.74 Å². The molecule has 0 unspecified atom stereocenters. The first kappa shape index (κ1) is 12.8. The van der Waals surface area contributed by atoms with Crippen molar-refractivity contribution in [1.29, 1.82) is 0 Å². The van der Waals surface area contributed by atoms with Gasteiger partial charge in [-0.25, -0.2) is 0 Å². The number of hydrogen-bond donors (Lipinski definition) is 0. The molecule has 0 atom stereocenters. The predicted molar refractivity (Wildman–Crippen MR) is 64.7 cm³/mol. The summed E-state index contributed by atoms with van der Waals surface area (Å²) in [5.74, 6) is -0.108. The first-order valence-corrected chi connectivity index (χ1v) is 5.94. The van der Waals surface area contributed by atoms with Crippen molar-refractivity contribution in [2.75, 3.05) is 0 Å². The molecule has 15 heavy (non-hydrogen) atoms. The lowest BCUT2D eigenvalue weighted by Crippen LogP contribution is -2.07. The number of ether oxygens (including phenoxy) is 1. The van der Waals surface area contributed by atoms with Gasteiger partial charge < -0.3 is 4.74 Å². The van der Waals surface area contributed by atoms with Crippen molar-refractivity contribution in [2.45, 2.75) is 19.8 Å². The van der Waals surface area contributed by atoms with Crippen LogP contribution in [0.25, 0.3) is 0 Å². The van der Waals surface area contributed by atoms with Gasteiger partial charge in [-0.2, -0.15) is 0 Å². The largest absolute Gasteiger partial charge is 0.423 e. The first-order valence-electron chi connectivity index (χ1n) is 4.39. The highest BCUT2D eigenvalue weighted by Crippen LogP contribution is 2.36. The Balaban J connectivity index is 2.90. The van der Waals surface area contributed by atoms with Crippen LogP contribution >= 0.6 is 39.1 Å². The smallest absolute Gasteiger partial charge is 0.311 e. The van der Waals surface area contributed by atoms with Crippen LogP contribution in [0.3, 0.4) is 0 Å². The van der Waals surface area contributed by atoms with E-state index in [2.05, 4.69) is 15.9 Å². The summed E-state index contributed by atoms with van der Waals surface area (Å²) in [5.41, 5.74) is 0. The molecule has 0 saturated carbocycles. The molecule has 1 aromatic carbocycles. The summed E-state index contributed by atoms with van der Waals surface area (Å²) in [7, 11) is 0. The van der Waals surface area contributed by atoms with Crippen molar-refractivity contribution in [3.63, 3.8) is 0 Å². The highest BCUT2D eigenvalue weighted by molar-refractivity contribution is 9.10. The number of carbonyl (C=O) groups is 1. The van der Waals surface area contributed by atoms with E-state index in [4.69, 9.17) is 27.9 Å². The molecule has 0 aliphatic rings. The summed E-state index contributed by atoms with van der Waals surface area (Å²) >= 11 is 15.0. The maximum Gasteiger partial charge on any atom is 0.311 e. The van der Waals surface area contributed by atoms with E-state index in [1.807, 2.05) is 6.92 Å². The molecule has 0 bridgehead atoms. The molecule has 1 rings (SSSR count). The Labute approximate surface area is 107 Å². The average Bonchev–Trinajstić information content (AvgIpc) is 2.11. The van der Waals surface area contributed by atoms with E-state index in [0.717, 1.165) is 10.9 Å². The standard InChI is InChI=1S/C10H9BrCl2O2/c1-2-3-9(14)15-10-7(12)4-6(11)5-8(10)13/h4-5H,2-3H2,1H3. The predicted octanol–water partition coefficient (Wildman–Crippen LogP) is 4.46. The number of halogens is 3. The van der Waals surface area contributed by atoms with Crippen LogP contribution in [0.5, 0.6) is 5.75 Å². The lowest BCUT2D eigenvalue weighted by Gasteiger charge is -2.07. The zero-order valence-electron chi connectivity index (χ0n) is 8.02. The molecule has 0 aliphatic carbocycles. The van der Waals surface area contributed by atoms with Crippen molar-refractivity contribution >= 4 is 45.1 Å². The summed E-state index contributed by atoms with van der Waals surface area (Å²) in [4.78, 5) is 11.3. The molecule has 82 valence electrons. The van der Waals surface area contributed by atoms with Crippen LogP contribution in [0.15, 0.2) is 16.6 Å². The number of rotatable bonds is 3. The maximum absolute atomic E-state index is 11.3. The molecule has 0 spiro atoms. The van der Waals surface area contributed by atoms with Gasteiger partial charge in [-0.15, -0.1) is 0 Å². The number of esters is 1. The number of hydrogen-bond acceptors (Lipinski definition) is 2. The zero-order chi connectivity index (χ0) is 11.4. The third kappa shape index (κ3) is 3.67. The molecule has 0 amide bonds. The summed E-state index contributed by atoms with van der Waals surface area (Å²) in [6.07, 6.45) is 1.08. The number of carbonyl (C=O) groups excluding carboxylic acids is 1. The monoisotopic (exact) mass is 310 g/mol. The van der Waals surface area contributed by atoms with Crippen LogP contribution in [0.1, 0.15) is 19.8 Å². The molecule has 0 fully saturated rings. The van der Waals surface area contributed by atoms with Gasteiger partial charge in [0, 0.05) is 10.9 Å². The van der Waals surface area contributed by atoms with Crippen molar-refractivity contribution < 1.29 is 9.53 Å². The number of benzene rings is 1. The van der Waals surface area contributed by atoms with Gasteiger partial charge >= 0.3 is 5.97 Å². The van der Waals surface area contributed by atoms with Gasteiger partial charge in [0.1, 0.15) is 0 Å². The highest BCUT2D eigenvalue weighted by atomic mass is 79.9. The van der Waals surface area contributed by atoms with Crippen LogP contribution in [0.4, 0.5) is 0 Å². The van der Waals surface area contributed by atoms with Gasteiger partial charge in [-0.3, -0.25) is 4.79 Å². The minimum absolute atomic E-state index is 0.222. The fourth-order valence-corrected chi connectivity index (χ4v) is 2.28. The summed E-state index contributed by atoms with van der Waals surface area (Å²) < 4.78 is 5.79. The molecule has 0 N–H and O–H groups in total. The van der Waals surface area contributed by atoms with E-state index in [1.165, 1.54) is 0 Å². The lowest BCUT2D eigenvalue weighted by atomic mass is 10.3. The topological polar surface area (TPSA) is 26.3 Å². The molecule has 5 heteroatoms. The second-order valence-corrected chi connectivity index (χ2v) is 4.65. The second-order valence-electron chi connectivity index (χ2n) is 2.92. The fraction of sp³-hybridized carbons (Fsp3) is 0.300. The van der Waals surface area contributed by atoms with Gasteiger partial charge in [0.25, 0.3) is 0 Å². The zero-order valence-corrected chi connectivity index (χ0v) is 11.1. The highest BCUT2D eigenvalue weighted by Gasteiger charge is 2.12. The molecule has 0 saturated heterocycles. The molecule has 0 heterocycles. The van der Waals surface area contributed by atoms with Gasteiger partial charge in [0.2, 0.25) is 0 Å². The van der Waals surface area contributed by atoms with Crippen LogP contribution in [-0.2, 0) is 4.79 Å². The van der Waals surface area contributed by atoms with E-state index in [0.29, 0.717) is 16.5 Å². The summed E-state index contributed by atoms with van der Waals surface area (Å²) in [6.45, 7) is 1.89. The maximum atomic E-state index is 11.3. The molecular formula is C10H9BrCl2O2. The third-order valence-corrected chi connectivity index (χ3v) is 2.65. The second kappa shape index (κ2) is 5.73. The van der Waals surface area contributed by atoms with E-state index in [9.17, 15) is 4.79 Å². The normalized spacial score (nSPS) is 10.1. The van der Waals surface area contributed by atoms with E-state index < -0.39 is 0 Å². The van der Waals surface area contributed by atoms with Crippen molar-refractivity contribution in [2.24, 2.45) is 0 Å². The molecule has 1 aromatic rings. The Morgan fingerprint density at radius 2 is 1.93 bits per heavy atom. The first-order chi connectivity index (χ1) is 7.04. The Morgan fingerprint density at radius 3 is 2.40 bits per heavy atom. The van der Waals surface area contributed by atoms with E-state index >= 15 is 0 Å². The summed E-state index contributed by atoms with van der Waals surface area (Å²) in [6, 6.07) is 3.25. The van der Waals surface area contributed by atoms with Crippen molar-refractivity contribution in [1.82, 2.24) is 0 Å². The van der Waals surface area contributed by atoms with Crippen LogP contribution in [0.2, 0.25) is 10.0 Å². The average molecular weight is 312 g/mol. The summed E-state index contributed by atoms with van der Waals surface area (Å²) in [5, 5.41) is 0.637. The van der Waals surface area contributed by atoms with Crippen LogP contribution in [0, 0.1) is 0 Å². The SMILES string of the molecule is CCCC(=O)Oc1c(Cl)cc(Br)cc1Cl. The minimum Gasteiger partial charge on any atom is -0.423 e. The molecule has 0 aliphatic heterocycles. The van der Waals surface area contributed by atoms with Crippen molar-refractivity contribution in [3.8, 4) is 5.75 Å². The van der Waals surface area contributed by atoms with Gasteiger partial charge in [-0.1, -0.05) is 46.1 Å². The third-order valence-electron chi connectivity index (χ3n) is 1.63. The minimum atomic E-state index is -0.330. The van der Waals surface area contributed by atoms with Crippen molar-refractivity contribution in [3.05, 3.63) is 26.7 Å². The molecule has 2 nitrogen and oxygen atoms in total. The lowest BCUT2D eigenvalue weighted by molar-refractivity contribution is -0.134. The quantitative estimate of drug-likeness (QED) is 0.608. The molecule has 0 radical (unpaired) electrons. The Morgan fingerprint density at radius 1 is 1.40 bits per heavy atom. The molecular weight excluding hydrogens is 303 g/mol. The Bertz CT molecular complexity index is 357.